The fraction of sp³-hybridized carbons (Fsp3) is 0.375. The molecule has 0 atom stereocenters. The second-order valence-electron chi connectivity index (χ2n) is 2.73. The van der Waals surface area contributed by atoms with E-state index in [4.69, 9.17) is 15.0 Å². The lowest BCUT2D eigenvalue weighted by Crippen LogP contribution is -2.08. The summed E-state index contributed by atoms with van der Waals surface area (Å²) < 4.78 is 10.1. The molecule has 15 heavy (non-hydrogen) atoms. The van der Waals surface area contributed by atoms with Crippen molar-refractivity contribution in [3.8, 4) is 11.5 Å². The molecule has 7 heteroatoms. The highest BCUT2D eigenvalue weighted by Gasteiger charge is 2.09. The molecule has 2 aromatic rings. The Morgan fingerprint density at radius 2 is 2.47 bits per heavy atom. The van der Waals surface area contributed by atoms with E-state index in [1.54, 1.807) is 5.51 Å². The van der Waals surface area contributed by atoms with Crippen LogP contribution < -0.4 is 5.73 Å². The predicted molar refractivity (Wildman–Crippen MR) is 54.1 cm³/mol. The van der Waals surface area contributed by atoms with E-state index in [9.17, 15) is 0 Å². The molecule has 0 aromatic carbocycles. The summed E-state index contributed by atoms with van der Waals surface area (Å²) >= 11 is 1.48. The zero-order valence-electron chi connectivity index (χ0n) is 7.92. The van der Waals surface area contributed by atoms with E-state index in [-0.39, 0.29) is 6.61 Å². The fourth-order valence-electron chi connectivity index (χ4n) is 0.983. The van der Waals surface area contributed by atoms with Crippen molar-refractivity contribution in [3.63, 3.8) is 0 Å². The molecule has 0 bridgehead atoms. The van der Waals surface area contributed by atoms with Gasteiger partial charge >= 0.3 is 0 Å². The summed E-state index contributed by atoms with van der Waals surface area (Å²) in [5.74, 6) is 0.925. The normalized spacial score (nSPS) is 10.7. The molecular weight excluding hydrogens is 216 g/mol. The maximum absolute atomic E-state index is 5.27. The summed E-state index contributed by atoms with van der Waals surface area (Å²) in [6.07, 6.45) is 0. The van der Waals surface area contributed by atoms with Crippen LogP contribution >= 0.6 is 11.3 Å². The number of thiazole rings is 1. The number of nitrogens with zero attached hydrogens (tertiary/aromatic N) is 3. The minimum atomic E-state index is 0.286. The van der Waals surface area contributed by atoms with Crippen molar-refractivity contribution in [2.75, 3.05) is 13.2 Å². The minimum absolute atomic E-state index is 0.286. The van der Waals surface area contributed by atoms with Gasteiger partial charge in [0.2, 0.25) is 5.82 Å². The molecule has 0 radical (unpaired) electrons. The molecule has 2 heterocycles. The van der Waals surface area contributed by atoms with Gasteiger partial charge in [-0.15, -0.1) is 11.3 Å². The van der Waals surface area contributed by atoms with Gasteiger partial charge in [0.25, 0.3) is 5.89 Å². The molecule has 0 aliphatic heterocycles. The molecule has 0 amide bonds. The average molecular weight is 226 g/mol. The SMILES string of the molecule is NCCOCc1nc(-c2cscn2)no1. The molecule has 0 spiro atoms. The smallest absolute Gasteiger partial charge is 0.253 e. The molecule has 0 aliphatic rings. The third-order valence-electron chi connectivity index (χ3n) is 1.62. The predicted octanol–water partition coefficient (Wildman–Crippen LogP) is 0.668. The highest BCUT2D eigenvalue weighted by Crippen LogP contribution is 2.15. The number of nitrogens with two attached hydrogens (primary N) is 1. The molecule has 0 unspecified atom stereocenters. The van der Waals surface area contributed by atoms with E-state index in [1.165, 1.54) is 11.3 Å². The molecule has 2 aromatic heterocycles. The van der Waals surface area contributed by atoms with E-state index in [1.807, 2.05) is 5.38 Å². The summed E-state index contributed by atoms with van der Waals surface area (Å²) in [6.45, 7) is 1.25. The highest BCUT2D eigenvalue weighted by atomic mass is 32.1. The van der Waals surface area contributed by atoms with Crippen LogP contribution in [0.4, 0.5) is 0 Å². The number of aromatic nitrogens is 3. The number of rotatable bonds is 5. The van der Waals surface area contributed by atoms with Gasteiger partial charge in [-0.2, -0.15) is 4.98 Å². The molecule has 0 fully saturated rings. The second-order valence-corrected chi connectivity index (χ2v) is 3.45. The van der Waals surface area contributed by atoms with Crippen molar-refractivity contribution >= 4 is 11.3 Å². The van der Waals surface area contributed by atoms with Gasteiger partial charge in [0.05, 0.1) is 12.1 Å². The molecule has 0 saturated carbocycles. The molecule has 80 valence electrons. The van der Waals surface area contributed by atoms with E-state index in [2.05, 4.69) is 15.1 Å². The summed E-state index contributed by atoms with van der Waals surface area (Å²) in [7, 11) is 0. The Morgan fingerprint density at radius 1 is 1.53 bits per heavy atom. The number of hydrogen-bond acceptors (Lipinski definition) is 7. The first kappa shape index (κ1) is 10.2. The van der Waals surface area contributed by atoms with E-state index < -0.39 is 0 Å². The molecular formula is C8H10N4O2S. The lowest BCUT2D eigenvalue weighted by molar-refractivity contribution is 0.104. The van der Waals surface area contributed by atoms with Crippen LogP contribution in [0, 0.1) is 0 Å². The van der Waals surface area contributed by atoms with Crippen molar-refractivity contribution in [1.29, 1.82) is 0 Å². The Hall–Kier alpha value is -1.31. The van der Waals surface area contributed by atoms with Gasteiger partial charge in [0, 0.05) is 11.9 Å². The van der Waals surface area contributed by atoms with E-state index in [0.29, 0.717) is 30.6 Å². The van der Waals surface area contributed by atoms with Gasteiger partial charge in [-0.1, -0.05) is 5.16 Å². The van der Waals surface area contributed by atoms with Crippen molar-refractivity contribution in [3.05, 3.63) is 16.8 Å². The monoisotopic (exact) mass is 226 g/mol. The zero-order valence-corrected chi connectivity index (χ0v) is 8.74. The van der Waals surface area contributed by atoms with Crippen LogP contribution in [0.1, 0.15) is 5.89 Å². The van der Waals surface area contributed by atoms with Crippen LogP contribution in [0.5, 0.6) is 0 Å². The molecule has 0 saturated heterocycles. The summed E-state index contributed by atoms with van der Waals surface area (Å²) in [4.78, 5) is 8.19. The second kappa shape index (κ2) is 4.96. The van der Waals surface area contributed by atoms with Gasteiger partial charge in [-0.3, -0.25) is 0 Å². The van der Waals surface area contributed by atoms with Gasteiger partial charge in [-0.25, -0.2) is 4.98 Å². The molecule has 6 nitrogen and oxygen atoms in total. The lowest BCUT2D eigenvalue weighted by atomic mass is 10.5. The Bertz CT molecular complexity index is 400. The third-order valence-corrected chi connectivity index (χ3v) is 2.20. The summed E-state index contributed by atoms with van der Waals surface area (Å²) in [5, 5.41) is 5.64. The number of ether oxygens (including phenoxy) is 1. The largest absolute Gasteiger partial charge is 0.370 e. The number of hydrogen-bond donors (Lipinski definition) is 1. The Kier molecular flexibility index (Phi) is 3.38. The maximum Gasteiger partial charge on any atom is 0.253 e. The van der Waals surface area contributed by atoms with Crippen LogP contribution in [0.15, 0.2) is 15.4 Å². The van der Waals surface area contributed by atoms with Crippen molar-refractivity contribution in [1.82, 2.24) is 15.1 Å². The topological polar surface area (TPSA) is 87.1 Å². The standard InChI is InChI=1S/C8H10N4O2S/c9-1-2-13-3-7-11-8(12-14-7)6-4-15-5-10-6/h4-5H,1-3,9H2. The Labute approximate surface area is 90.1 Å². The highest BCUT2D eigenvalue weighted by molar-refractivity contribution is 7.07. The van der Waals surface area contributed by atoms with Crippen LogP contribution in [0.2, 0.25) is 0 Å². The van der Waals surface area contributed by atoms with Gasteiger partial charge in [0.1, 0.15) is 12.3 Å². The van der Waals surface area contributed by atoms with Crippen molar-refractivity contribution < 1.29 is 9.26 Å². The molecule has 2 rings (SSSR count). The van der Waals surface area contributed by atoms with Crippen LogP contribution in [-0.4, -0.2) is 28.3 Å². The van der Waals surface area contributed by atoms with Crippen LogP contribution in [0.25, 0.3) is 11.5 Å². The van der Waals surface area contributed by atoms with Gasteiger partial charge in [0.15, 0.2) is 0 Å². The first-order valence-corrected chi connectivity index (χ1v) is 5.33. The lowest BCUT2D eigenvalue weighted by Gasteiger charge is -1.95. The first-order valence-electron chi connectivity index (χ1n) is 4.39. The zero-order chi connectivity index (χ0) is 10.5. The summed E-state index contributed by atoms with van der Waals surface area (Å²) in [6, 6.07) is 0. The Balaban J connectivity index is 1.98. The van der Waals surface area contributed by atoms with Crippen LogP contribution in [-0.2, 0) is 11.3 Å². The van der Waals surface area contributed by atoms with E-state index in [0.717, 1.165) is 0 Å². The first-order chi connectivity index (χ1) is 7.40. The van der Waals surface area contributed by atoms with Crippen molar-refractivity contribution in [2.24, 2.45) is 5.73 Å². The fourth-order valence-corrected chi connectivity index (χ4v) is 1.51. The summed E-state index contributed by atoms with van der Waals surface area (Å²) in [5.41, 5.74) is 7.71. The van der Waals surface area contributed by atoms with E-state index >= 15 is 0 Å². The Morgan fingerprint density at radius 3 is 3.20 bits per heavy atom. The van der Waals surface area contributed by atoms with Gasteiger partial charge in [-0.05, 0) is 0 Å². The molecule has 0 aliphatic carbocycles. The van der Waals surface area contributed by atoms with Crippen molar-refractivity contribution in [2.45, 2.75) is 6.61 Å². The average Bonchev–Trinajstić information content (AvgIpc) is 2.87. The maximum atomic E-state index is 5.27. The van der Waals surface area contributed by atoms with Gasteiger partial charge < -0.3 is 15.0 Å². The van der Waals surface area contributed by atoms with Crippen LogP contribution in [0.3, 0.4) is 0 Å². The quantitative estimate of drug-likeness (QED) is 0.754. The third kappa shape index (κ3) is 2.58. The minimum Gasteiger partial charge on any atom is -0.370 e. The molecule has 2 N–H and O–H groups in total.